The summed E-state index contributed by atoms with van der Waals surface area (Å²) >= 11 is 1.44. The maximum Gasteiger partial charge on any atom is 0.573 e. The average molecular weight is 285 g/mol. The van der Waals surface area contributed by atoms with E-state index in [1.807, 2.05) is 17.5 Å². The summed E-state index contributed by atoms with van der Waals surface area (Å²) in [4.78, 5) is 5.01. The van der Waals surface area contributed by atoms with Crippen LogP contribution in [0.3, 0.4) is 0 Å². The molecule has 2 aromatic heterocycles. The molecule has 0 unspecified atom stereocenters. The summed E-state index contributed by atoms with van der Waals surface area (Å²) in [5, 5.41) is 1.86. The minimum Gasteiger partial charge on any atom is -0.435 e. The van der Waals surface area contributed by atoms with Gasteiger partial charge in [0.2, 0.25) is 5.89 Å². The minimum atomic E-state index is -4.72. The maximum absolute atomic E-state index is 12.1. The normalized spacial score (nSPS) is 11.9. The third-order valence-corrected chi connectivity index (χ3v) is 3.18. The summed E-state index contributed by atoms with van der Waals surface area (Å²) < 4.78 is 45.6. The van der Waals surface area contributed by atoms with Crippen molar-refractivity contribution >= 4 is 22.4 Å². The summed E-state index contributed by atoms with van der Waals surface area (Å²) in [6.45, 7) is 0. The Kier molecular flexibility index (Phi) is 2.70. The molecule has 0 spiro atoms. The van der Waals surface area contributed by atoms with Gasteiger partial charge in [0, 0.05) is 6.07 Å². The molecular weight excluding hydrogens is 279 g/mol. The predicted octanol–water partition coefficient (Wildman–Crippen LogP) is 4.45. The van der Waals surface area contributed by atoms with Crippen molar-refractivity contribution in [3.8, 4) is 16.5 Å². The SMILES string of the molecule is FC(F)(F)Oc1ccc2nc(-c3cccs3)oc2c1. The molecule has 3 nitrogen and oxygen atoms in total. The molecule has 0 aliphatic rings. The second-order valence-electron chi connectivity index (χ2n) is 3.67. The Bertz CT molecular complexity index is 703. The molecule has 0 aliphatic carbocycles. The van der Waals surface area contributed by atoms with Gasteiger partial charge in [-0.2, -0.15) is 0 Å². The van der Waals surface area contributed by atoms with E-state index in [0.29, 0.717) is 11.4 Å². The van der Waals surface area contributed by atoms with E-state index in [0.717, 1.165) is 4.88 Å². The number of fused-ring (bicyclic) bond motifs is 1. The smallest absolute Gasteiger partial charge is 0.435 e. The standard InChI is InChI=1S/C12H6F3NO2S/c13-12(14,15)18-7-3-4-8-9(6-7)17-11(16-8)10-2-1-5-19-10/h1-6H. The van der Waals surface area contributed by atoms with E-state index < -0.39 is 6.36 Å². The Balaban J connectivity index is 2.00. The van der Waals surface area contributed by atoms with Crippen LogP contribution in [0.2, 0.25) is 0 Å². The predicted molar refractivity (Wildman–Crippen MR) is 64.0 cm³/mol. The van der Waals surface area contributed by atoms with Crippen LogP contribution in [0.1, 0.15) is 0 Å². The van der Waals surface area contributed by atoms with Crippen LogP contribution in [0.5, 0.6) is 5.75 Å². The summed E-state index contributed by atoms with van der Waals surface area (Å²) in [5.41, 5.74) is 0.739. The second-order valence-corrected chi connectivity index (χ2v) is 4.62. The van der Waals surface area contributed by atoms with Crippen LogP contribution in [0, 0.1) is 0 Å². The van der Waals surface area contributed by atoms with E-state index in [1.54, 1.807) is 0 Å². The number of rotatable bonds is 2. The first kappa shape index (κ1) is 12.0. The van der Waals surface area contributed by atoms with Crippen molar-refractivity contribution in [2.45, 2.75) is 6.36 Å². The van der Waals surface area contributed by atoms with Crippen LogP contribution in [-0.4, -0.2) is 11.3 Å². The summed E-state index contributed by atoms with van der Waals surface area (Å²) in [6.07, 6.45) is -4.72. The quantitative estimate of drug-likeness (QED) is 0.697. The fourth-order valence-electron chi connectivity index (χ4n) is 1.61. The van der Waals surface area contributed by atoms with Gasteiger partial charge in [0.1, 0.15) is 11.3 Å². The Morgan fingerprint density at radius 3 is 2.74 bits per heavy atom. The number of aromatic nitrogens is 1. The summed E-state index contributed by atoms with van der Waals surface area (Å²) in [5.74, 6) is 0.0584. The molecule has 1 aromatic carbocycles. The average Bonchev–Trinajstić information content (AvgIpc) is 2.94. The highest BCUT2D eigenvalue weighted by atomic mass is 32.1. The van der Waals surface area contributed by atoms with Crippen molar-refractivity contribution in [1.82, 2.24) is 4.98 Å². The van der Waals surface area contributed by atoms with Crippen LogP contribution in [-0.2, 0) is 0 Å². The summed E-state index contributed by atoms with van der Waals surface area (Å²) in [6, 6.07) is 7.47. The molecule has 7 heteroatoms. The van der Waals surface area contributed by atoms with E-state index in [1.165, 1.54) is 29.5 Å². The lowest BCUT2D eigenvalue weighted by Crippen LogP contribution is -2.16. The van der Waals surface area contributed by atoms with Crippen LogP contribution in [0.25, 0.3) is 21.9 Å². The van der Waals surface area contributed by atoms with E-state index in [-0.39, 0.29) is 11.3 Å². The molecule has 3 rings (SSSR count). The fraction of sp³-hybridized carbons (Fsp3) is 0.0833. The van der Waals surface area contributed by atoms with E-state index in [9.17, 15) is 13.2 Å². The highest BCUT2D eigenvalue weighted by Gasteiger charge is 2.31. The molecule has 19 heavy (non-hydrogen) atoms. The molecule has 0 fully saturated rings. The molecule has 0 atom stereocenters. The lowest BCUT2D eigenvalue weighted by molar-refractivity contribution is -0.274. The van der Waals surface area contributed by atoms with Gasteiger partial charge >= 0.3 is 6.36 Å². The maximum atomic E-state index is 12.1. The van der Waals surface area contributed by atoms with Crippen molar-refractivity contribution in [2.24, 2.45) is 0 Å². The molecule has 0 saturated carbocycles. The molecule has 98 valence electrons. The number of hydrogen-bond acceptors (Lipinski definition) is 4. The zero-order chi connectivity index (χ0) is 13.5. The van der Waals surface area contributed by atoms with E-state index >= 15 is 0 Å². The van der Waals surface area contributed by atoms with Gasteiger partial charge in [0.25, 0.3) is 0 Å². The third-order valence-electron chi connectivity index (χ3n) is 2.33. The molecule has 0 N–H and O–H groups in total. The highest BCUT2D eigenvalue weighted by molar-refractivity contribution is 7.13. The molecule has 0 bridgehead atoms. The number of nitrogens with zero attached hydrogens (tertiary/aromatic N) is 1. The van der Waals surface area contributed by atoms with Gasteiger partial charge in [0.15, 0.2) is 5.58 Å². The van der Waals surface area contributed by atoms with Crippen molar-refractivity contribution in [2.75, 3.05) is 0 Å². The van der Waals surface area contributed by atoms with Gasteiger partial charge in [-0.3, -0.25) is 0 Å². The van der Waals surface area contributed by atoms with Gasteiger partial charge in [-0.25, -0.2) is 4.98 Å². The molecular formula is C12H6F3NO2S. The Morgan fingerprint density at radius 2 is 2.05 bits per heavy atom. The molecule has 0 aliphatic heterocycles. The van der Waals surface area contributed by atoms with Gasteiger partial charge < -0.3 is 9.15 Å². The zero-order valence-electron chi connectivity index (χ0n) is 9.27. The topological polar surface area (TPSA) is 35.3 Å². The lowest BCUT2D eigenvalue weighted by atomic mass is 10.3. The Labute approximate surface area is 109 Å². The number of alkyl halides is 3. The summed E-state index contributed by atoms with van der Waals surface area (Å²) in [7, 11) is 0. The number of benzene rings is 1. The monoisotopic (exact) mass is 285 g/mol. The van der Waals surface area contributed by atoms with Crippen LogP contribution >= 0.6 is 11.3 Å². The second kappa shape index (κ2) is 4.27. The number of ether oxygens (including phenoxy) is 1. The van der Waals surface area contributed by atoms with Gasteiger partial charge in [-0.15, -0.1) is 24.5 Å². The van der Waals surface area contributed by atoms with Gasteiger partial charge in [-0.1, -0.05) is 6.07 Å². The lowest BCUT2D eigenvalue weighted by Gasteiger charge is -2.07. The molecule has 3 aromatic rings. The highest BCUT2D eigenvalue weighted by Crippen LogP contribution is 2.31. The number of hydrogen-bond donors (Lipinski definition) is 0. The largest absolute Gasteiger partial charge is 0.573 e. The molecule has 0 amide bonds. The Morgan fingerprint density at radius 1 is 1.21 bits per heavy atom. The molecule has 0 radical (unpaired) electrons. The van der Waals surface area contributed by atoms with Crippen LogP contribution in [0.15, 0.2) is 40.1 Å². The van der Waals surface area contributed by atoms with Crippen molar-refractivity contribution in [3.05, 3.63) is 35.7 Å². The van der Waals surface area contributed by atoms with Crippen molar-refractivity contribution in [3.63, 3.8) is 0 Å². The van der Waals surface area contributed by atoms with E-state index in [2.05, 4.69) is 9.72 Å². The molecule has 0 saturated heterocycles. The van der Waals surface area contributed by atoms with Gasteiger partial charge in [0.05, 0.1) is 4.88 Å². The third kappa shape index (κ3) is 2.55. The van der Waals surface area contributed by atoms with Crippen molar-refractivity contribution < 1.29 is 22.3 Å². The minimum absolute atomic E-state index is 0.255. The Hall–Kier alpha value is -2.02. The number of thiophene rings is 1. The fourth-order valence-corrected chi connectivity index (χ4v) is 2.26. The van der Waals surface area contributed by atoms with Crippen LogP contribution < -0.4 is 4.74 Å². The first-order valence-electron chi connectivity index (χ1n) is 5.21. The van der Waals surface area contributed by atoms with Crippen LogP contribution in [0.4, 0.5) is 13.2 Å². The van der Waals surface area contributed by atoms with E-state index in [4.69, 9.17) is 4.42 Å². The van der Waals surface area contributed by atoms with Crippen molar-refractivity contribution in [1.29, 1.82) is 0 Å². The molecule has 2 heterocycles. The zero-order valence-corrected chi connectivity index (χ0v) is 10.1. The first-order chi connectivity index (χ1) is 9.01. The van der Waals surface area contributed by atoms with Gasteiger partial charge in [-0.05, 0) is 23.6 Å². The first-order valence-corrected chi connectivity index (χ1v) is 6.09. The number of halogens is 3. The number of oxazole rings is 1.